The van der Waals surface area contributed by atoms with Crippen molar-refractivity contribution < 1.29 is 14.5 Å². The molecule has 9 nitrogen and oxygen atoms in total. The van der Waals surface area contributed by atoms with Crippen LogP contribution >= 0.6 is 0 Å². The molecular formula is C16H15N5O4. The Bertz CT molecular complexity index is 937. The fourth-order valence-corrected chi connectivity index (χ4v) is 2.43. The first kappa shape index (κ1) is 16.4. The first-order chi connectivity index (χ1) is 12.1. The average molecular weight is 341 g/mol. The van der Waals surface area contributed by atoms with Crippen LogP contribution in [0.4, 0.5) is 5.69 Å². The van der Waals surface area contributed by atoms with Gasteiger partial charge in [-0.3, -0.25) is 19.3 Å². The molecule has 0 aliphatic heterocycles. The molecule has 0 spiro atoms. The molecule has 1 N–H and O–H groups in total. The molecule has 25 heavy (non-hydrogen) atoms. The summed E-state index contributed by atoms with van der Waals surface area (Å²) in [5.74, 6) is 0.535. The minimum Gasteiger partial charge on any atom is -0.496 e. The van der Waals surface area contributed by atoms with Gasteiger partial charge >= 0.3 is 0 Å². The summed E-state index contributed by atoms with van der Waals surface area (Å²) in [6.07, 6.45) is 2.31. The highest BCUT2D eigenvalue weighted by atomic mass is 16.6. The number of rotatable bonds is 6. The summed E-state index contributed by atoms with van der Waals surface area (Å²) >= 11 is 0. The number of hydrogen-bond acceptors (Lipinski definition) is 6. The molecule has 1 amide bonds. The van der Waals surface area contributed by atoms with Gasteiger partial charge in [0.15, 0.2) is 5.65 Å². The van der Waals surface area contributed by atoms with Gasteiger partial charge in [0.1, 0.15) is 11.6 Å². The van der Waals surface area contributed by atoms with E-state index in [1.807, 2.05) is 28.8 Å². The van der Waals surface area contributed by atoms with Gasteiger partial charge in [-0.1, -0.05) is 6.07 Å². The average Bonchev–Trinajstić information content (AvgIpc) is 3.04. The molecule has 0 radical (unpaired) electrons. The highest BCUT2D eigenvalue weighted by molar-refractivity contribution is 5.97. The fourth-order valence-electron chi connectivity index (χ4n) is 2.43. The van der Waals surface area contributed by atoms with E-state index in [1.165, 1.54) is 25.3 Å². The van der Waals surface area contributed by atoms with E-state index in [1.54, 1.807) is 0 Å². The number of nitro benzene ring substituents is 1. The van der Waals surface area contributed by atoms with Crippen molar-refractivity contribution in [2.45, 2.75) is 6.42 Å². The number of ether oxygens (including phenoxy) is 1. The molecular weight excluding hydrogens is 326 g/mol. The summed E-state index contributed by atoms with van der Waals surface area (Å²) in [5.41, 5.74) is 0.668. The summed E-state index contributed by atoms with van der Waals surface area (Å²) in [6, 6.07) is 9.46. The quantitative estimate of drug-likeness (QED) is 0.538. The van der Waals surface area contributed by atoms with Crippen LogP contribution < -0.4 is 10.1 Å². The second kappa shape index (κ2) is 6.95. The van der Waals surface area contributed by atoms with Gasteiger partial charge in [0.05, 0.1) is 17.6 Å². The number of methoxy groups -OCH3 is 1. The molecule has 9 heteroatoms. The molecule has 2 heterocycles. The molecule has 0 aliphatic carbocycles. The second-order valence-electron chi connectivity index (χ2n) is 5.19. The van der Waals surface area contributed by atoms with Crippen LogP contribution in [-0.4, -0.2) is 39.1 Å². The van der Waals surface area contributed by atoms with Crippen LogP contribution in [0.3, 0.4) is 0 Å². The van der Waals surface area contributed by atoms with Gasteiger partial charge in [-0.2, -0.15) is 0 Å². The Balaban J connectivity index is 1.70. The topological polar surface area (TPSA) is 112 Å². The third kappa shape index (κ3) is 3.39. The van der Waals surface area contributed by atoms with Gasteiger partial charge in [0.25, 0.3) is 11.6 Å². The van der Waals surface area contributed by atoms with Crippen molar-refractivity contribution in [3.8, 4) is 5.75 Å². The second-order valence-corrected chi connectivity index (χ2v) is 5.19. The molecule has 3 aromatic rings. The van der Waals surface area contributed by atoms with Gasteiger partial charge in [0, 0.05) is 31.3 Å². The number of nitrogens with one attached hydrogen (secondary N) is 1. The lowest BCUT2D eigenvalue weighted by Crippen LogP contribution is -2.26. The van der Waals surface area contributed by atoms with Crippen LogP contribution in [0.2, 0.25) is 0 Å². The summed E-state index contributed by atoms with van der Waals surface area (Å²) < 4.78 is 6.93. The van der Waals surface area contributed by atoms with Gasteiger partial charge in [-0.25, -0.2) is 0 Å². The number of fused-ring (bicyclic) bond motifs is 1. The van der Waals surface area contributed by atoms with E-state index >= 15 is 0 Å². The molecule has 0 saturated heterocycles. The van der Waals surface area contributed by atoms with Crippen LogP contribution in [0.25, 0.3) is 5.65 Å². The molecule has 2 aromatic heterocycles. The number of amides is 1. The highest BCUT2D eigenvalue weighted by Crippen LogP contribution is 2.23. The number of pyridine rings is 1. The lowest BCUT2D eigenvalue weighted by Gasteiger charge is -2.09. The maximum atomic E-state index is 12.3. The Morgan fingerprint density at radius 3 is 2.92 bits per heavy atom. The van der Waals surface area contributed by atoms with E-state index in [2.05, 4.69) is 15.5 Å². The number of carbonyl (C=O) groups excluding carboxylic acids is 1. The predicted octanol–water partition coefficient (Wildman–Crippen LogP) is 1.62. The number of benzene rings is 1. The van der Waals surface area contributed by atoms with Gasteiger partial charge in [-0.15, -0.1) is 10.2 Å². The normalized spacial score (nSPS) is 10.6. The van der Waals surface area contributed by atoms with E-state index in [0.717, 1.165) is 5.65 Å². The third-order valence-corrected chi connectivity index (χ3v) is 3.66. The molecule has 128 valence electrons. The lowest BCUT2D eigenvalue weighted by molar-refractivity contribution is -0.384. The number of aromatic nitrogens is 3. The van der Waals surface area contributed by atoms with Crippen LogP contribution in [-0.2, 0) is 6.42 Å². The fraction of sp³-hybridized carbons (Fsp3) is 0.188. The van der Waals surface area contributed by atoms with Crippen molar-refractivity contribution in [1.29, 1.82) is 0 Å². The van der Waals surface area contributed by atoms with Crippen molar-refractivity contribution in [2.75, 3.05) is 13.7 Å². The smallest absolute Gasteiger partial charge is 0.270 e. The Morgan fingerprint density at radius 1 is 1.32 bits per heavy atom. The minimum atomic E-state index is -0.557. The SMILES string of the molecule is COc1ccc([N+](=O)[O-])cc1C(=O)NCCc1nnc2ccccn12. The van der Waals surface area contributed by atoms with Gasteiger partial charge in [0.2, 0.25) is 0 Å². The number of hydrogen-bond donors (Lipinski definition) is 1. The Morgan fingerprint density at radius 2 is 2.16 bits per heavy atom. The van der Waals surface area contributed by atoms with E-state index < -0.39 is 10.8 Å². The number of non-ortho nitro benzene ring substituents is 1. The van der Waals surface area contributed by atoms with Gasteiger partial charge in [-0.05, 0) is 18.2 Å². The minimum absolute atomic E-state index is 0.114. The Labute approximate surface area is 142 Å². The zero-order valence-corrected chi connectivity index (χ0v) is 13.4. The molecule has 1 aromatic carbocycles. The third-order valence-electron chi connectivity index (χ3n) is 3.66. The van der Waals surface area contributed by atoms with Crippen molar-refractivity contribution in [1.82, 2.24) is 19.9 Å². The first-order valence-corrected chi connectivity index (χ1v) is 7.49. The van der Waals surface area contributed by atoms with Crippen molar-refractivity contribution >= 4 is 17.2 Å². The number of nitro groups is 1. The zero-order valence-electron chi connectivity index (χ0n) is 13.4. The van der Waals surface area contributed by atoms with Crippen LogP contribution in [0.1, 0.15) is 16.2 Å². The maximum Gasteiger partial charge on any atom is 0.270 e. The molecule has 0 saturated carbocycles. The van der Waals surface area contributed by atoms with Crippen molar-refractivity contribution in [3.63, 3.8) is 0 Å². The van der Waals surface area contributed by atoms with E-state index in [9.17, 15) is 14.9 Å². The number of nitrogens with zero attached hydrogens (tertiary/aromatic N) is 4. The van der Waals surface area contributed by atoms with Crippen LogP contribution in [0.15, 0.2) is 42.6 Å². The summed E-state index contributed by atoms with van der Waals surface area (Å²) in [5, 5.41) is 21.7. The zero-order chi connectivity index (χ0) is 17.8. The van der Waals surface area contributed by atoms with E-state index in [0.29, 0.717) is 18.8 Å². The molecule has 0 unspecified atom stereocenters. The largest absolute Gasteiger partial charge is 0.496 e. The standard InChI is InChI=1S/C16H15N5O4/c1-25-13-6-5-11(21(23)24)10-12(13)16(22)17-8-7-15-19-18-14-4-2-3-9-20(14)15/h2-6,9-10H,7-8H2,1H3,(H,17,22). The number of carbonyl (C=O) groups is 1. The van der Waals surface area contributed by atoms with E-state index in [-0.39, 0.29) is 17.0 Å². The first-order valence-electron chi connectivity index (χ1n) is 7.49. The molecule has 0 aliphatic rings. The predicted molar refractivity (Wildman–Crippen MR) is 88.7 cm³/mol. The Hall–Kier alpha value is -3.49. The summed E-state index contributed by atoms with van der Waals surface area (Å²) in [7, 11) is 1.40. The molecule has 0 bridgehead atoms. The highest BCUT2D eigenvalue weighted by Gasteiger charge is 2.17. The lowest BCUT2D eigenvalue weighted by atomic mass is 10.1. The van der Waals surface area contributed by atoms with Crippen LogP contribution in [0, 0.1) is 10.1 Å². The maximum absolute atomic E-state index is 12.3. The van der Waals surface area contributed by atoms with E-state index in [4.69, 9.17) is 4.74 Å². The summed E-state index contributed by atoms with van der Waals surface area (Å²) in [6.45, 7) is 0.306. The molecule has 0 atom stereocenters. The summed E-state index contributed by atoms with van der Waals surface area (Å²) in [4.78, 5) is 22.7. The van der Waals surface area contributed by atoms with Crippen molar-refractivity contribution in [2.24, 2.45) is 0 Å². The van der Waals surface area contributed by atoms with Crippen molar-refractivity contribution in [3.05, 3.63) is 64.1 Å². The Kier molecular flexibility index (Phi) is 4.55. The molecule has 0 fully saturated rings. The molecule has 3 rings (SSSR count). The van der Waals surface area contributed by atoms with Gasteiger partial charge < -0.3 is 10.1 Å². The monoisotopic (exact) mass is 341 g/mol. The van der Waals surface area contributed by atoms with Crippen LogP contribution in [0.5, 0.6) is 5.75 Å².